The van der Waals surface area contributed by atoms with Crippen molar-refractivity contribution >= 4 is 17.4 Å². The van der Waals surface area contributed by atoms with Crippen LogP contribution >= 0.6 is 0 Å². The van der Waals surface area contributed by atoms with Crippen LogP contribution in [0.15, 0.2) is 42.5 Å². The first kappa shape index (κ1) is 16.4. The number of carbonyl (C=O) groups is 1. The summed E-state index contributed by atoms with van der Waals surface area (Å²) in [5.74, 6) is 0.776. The zero-order chi connectivity index (χ0) is 17.1. The molecule has 4 heteroatoms. The second-order valence-electron chi connectivity index (χ2n) is 6.17. The number of hydrogen-bond donors (Lipinski definition) is 1. The van der Waals surface area contributed by atoms with Gasteiger partial charge in [-0.3, -0.25) is 4.90 Å². The van der Waals surface area contributed by atoms with Crippen molar-refractivity contribution in [2.75, 3.05) is 16.8 Å². The lowest BCUT2D eigenvalue weighted by molar-refractivity contribution is 0.188. The number of hydrogen-bond acceptors (Lipinski definition) is 2. The lowest BCUT2D eigenvalue weighted by atomic mass is 10.1. The Labute approximate surface area is 143 Å². The molecule has 2 amide bonds. The van der Waals surface area contributed by atoms with Gasteiger partial charge in [0.15, 0.2) is 0 Å². The Bertz CT molecular complexity index is 742. The number of fused-ring (bicyclic) bond motifs is 1. The van der Waals surface area contributed by atoms with E-state index in [2.05, 4.69) is 19.2 Å². The number of benzene rings is 2. The number of rotatable bonds is 3. The summed E-state index contributed by atoms with van der Waals surface area (Å²) in [6, 6.07) is 13.8. The van der Waals surface area contributed by atoms with Crippen LogP contribution in [0.25, 0.3) is 0 Å². The second-order valence-corrected chi connectivity index (χ2v) is 6.17. The second kappa shape index (κ2) is 6.95. The molecule has 1 aliphatic rings. The van der Waals surface area contributed by atoms with Gasteiger partial charge in [-0.05, 0) is 49.1 Å². The Morgan fingerprint density at radius 3 is 2.79 bits per heavy atom. The van der Waals surface area contributed by atoms with Gasteiger partial charge in [-0.2, -0.15) is 0 Å². The summed E-state index contributed by atoms with van der Waals surface area (Å²) < 4.78 is 5.99. The molecule has 0 aromatic heterocycles. The molecule has 0 saturated heterocycles. The summed E-state index contributed by atoms with van der Waals surface area (Å²) in [4.78, 5) is 14.7. The fourth-order valence-electron chi connectivity index (χ4n) is 2.99. The van der Waals surface area contributed by atoms with E-state index in [0.717, 1.165) is 41.1 Å². The molecule has 0 bridgehead atoms. The number of para-hydroxylation sites is 1. The highest BCUT2D eigenvalue weighted by molar-refractivity contribution is 6.03. The number of anilines is 2. The fourth-order valence-corrected chi connectivity index (χ4v) is 2.99. The Morgan fingerprint density at radius 1 is 1.25 bits per heavy atom. The third-order valence-corrected chi connectivity index (χ3v) is 4.43. The molecular formula is C20H24N2O2. The van der Waals surface area contributed by atoms with Gasteiger partial charge in [0.2, 0.25) is 0 Å². The van der Waals surface area contributed by atoms with Crippen LogP contribution in [0, 0.1) is 6.92 Å². The Hall–Kier alpha value is -2.49. The van der Waals surface area contributed by atoms with Crippen LogP contribution in [0.3, 0.4) is 0 Å². The minimum atomic E-state index is -0.107. The van der Waals surface area contributed by atoms with Crippen molar-refractivity contribution in [3.05, 3.63) is 53.6 Å². The van der Waals surface area contributed by atoms with Crippen LogP contribution in [0.1, 0.15) is 31.4 Å². The van der Waals surface area contributed by atoms with E-state index >= 15 is 0 Å². The van der Waals surface area contributed by atoms with Crippen molar-refractivity contribution in [3.63, 3.8) is 0 Å². The molecule has 126 valence electrons. The quantitative estimate of drug-likeness (QED) is 0.884. The first-order valence-corrected chi connectivity index (χ1v) is 8.56. The van der Waals surface area contributed by atoms with Crippen molar-refractivity contribution in [2.24, 2.45) is 0 Å². The van der Waals surface area contributed by atoms with E-state index < -0.39 is 0 Å². The van der Waals surface area contributed by atoms with Crippen molar-refractivity contribution in [1.82, 2.24) is 0 Å². The Morgan fingerprint density at radius 2 is 2.04 bits per heavy atom. The van der Waals surface area contributed by atoms with Crippen molar-refractivity contribution in [2.45, 2.75) is 39.7 Å². The number of nitrogens with zero attached hydrogens (tertiary/aromatic N) is 1. The van der Waals surface area contributed by atoms with Gasteiger partial charge in [0.25, 0.3) is 0 Å². The first-order chi connectivity index (χ1) is 11.6. The van der Waals surface area contributed by atoms with E-state index in [1.807, 2.05) is 49.4 Å². The third-order valence-electron chi connectivity index (χ3n) is 4.43. The van der Waals surface area contributed by atoms with E-state index in [0.29, 0.717) is 6.54 Å². The normalized spacial score (nSPS) is 16.3. The highest BCUT2D eigenvalue weighted by Crippen LogP contribution is 2.35. The molecule has 3 rings (SSSR count). The summed E-state index contributed by atoms with van der Waals surface area (Å²) in [5, 5.41) is 3.07. The van der Waals surface area contributed by atoms with Crippen molar-refractivity contribution in [3.8, 4) is 5.75 Å². The Kier molecular flexibility index (Phi) is 4.74. The maximum atomic E-state index is 12.9. The molecule has 4 nitrogen and oxygen atoms in total. The maximum absolute atomic E-state index is 12.9. The molecule has 2 aromatic rings. The molecule has 2 aromatic carbocycles. The van der Waals surface area contributed by atoms with Crippen LogP contribution in [-0.4, -0.2) is 18.7 Å². The van der Waals surface area contributed by atoms with Crippen molar-refractivity contribution < 1.29 is 9.53 Å². The molecule has 1 heterocycles. The van der Waals surface area contributed by atoms with Crippen LogP contribution < -0.4 is 15.0 Å². The van der Waals surface area contributed by atoms with Gasteiger partial charge in [0.1, 0.15) is 11.9 Å². The van der Waals surface area contributed by atoms with Gasteiger partial charge < -0.3 is 10.1 Å². The maximum Gasteiger partial charge on any atom is 0.326 e. The van der Waals surface area contributed by atoms with E-state index in [-0.39, 0.29) is 12.1 Å². The molecule has 24 heavy (non-hydrogen) atoms. The smallest absolute Gasteiger partial charge is 0.326 e. The van der Waals surface area contributed by atoms with Gasteiger partial charge in [-0.1, -0.05) is 38.1 Å². The number of amides is 2. The molecular weight excluding hydrogens is 300 g/mol. The van der Waals surface area contributed by atoms with Crippen LogP contribution in [0.4, 0.5) is 16.2 Å². The van der Waals surface area contributed by atoms with Crippen LogP contribution in [0.5, 0.6) is 5.75 Å². The zero-order valence-corrected chi connectivity index (χ0v) is 14.5. The summed E-state index contributed by atoms with van der Waals surface area (Å²) >= 11 is 0. The topological polar surface area (TPSA) is 41.6 Å². The standard InChI is InChI=1S/C20H24N2O2/c1-4-15-8-6-7-9-17(15)21-20(23)22-13-16(5-2)24-19-11-10-14(3)12-18(19)22/h6-12,16H,4-5,13H2,1-3H3,(H,21,23)/t16-/m1/s1. The summed E-state index contributed by atoms with van der Waals surface area (Å²) in [5.41, 5.74) is 3.96. The fraction of sp³-hybridized carbons (Fsp3) is 0.350. The number of ether oxygens (including phenoxy) is 1. The summed E-state index contributed by atoms with van der Waals surface area (Å²) in [6.07, 6.45) is 1.77. The highest BCUT2D eigenvalue weighted by atomic mass is 16.5. The number of nitrogens with one attached hydrogen (secondary N) is 1. The molecule has 1 aliphatic heterocycles. The number of carbonyl (C=O) groups excluding carboxylic acids is 1. The van der Waals surface area contributed by atoms with E-state index in [1.165, 1.54) is 0 Å². The molecule has 0 spiro atoms. The van der Waals surface area contributed by atoms with E-state index in [1.54, 1.807) is 4.90 Å². The highest BCUT2D eigenvalue weighted by Gasteiger charge is 2.29. The van der Waals surface area contributed by atoms with Gasteiger partial charge >= 0.3 is 6.03 Å². The van der Waals surface area contributed by atoms with Crippen molar-refractivity contribution in [1.29, 1.82) is 0 Å². The summed E-state index contributed by atoms with van der Waals surface area (Å²) in [6.45, 7) is 6.75. The van der Waals surface area contributed by atoms with Gasteiger partial charge in [-0.25, -0.2) is 4.79 Å². The molecule has 0 fully saturated rings. The zero-order valence-electron chi connectivity index (χ0n) is 14.5. The van der Waals surface area contributed by atoms with Gasteiger partial charge in [-0.15, -0.1) is 0 Å². The minimum Gasteiger partial charge on any atom is -0.486 e. The number of urea groups is 1. The van der Waals surface area contributed by atoms with Gasteiger partial charge in [0.05, 0.1) is 12.2 Å². The third kappa shape index (κ3) is 3.23. The predicted octanol–water partition coefficient (Wildman–Crippen LogP) is 4.77. The summed E-state index contributed by atoms with van der Waals surface area (Å²) in [7, 11) is 0. The molecule has 0 unspecified atom stereocenters. The number of aryl methyl sites for hydroxylation is 2. The molecule has 0 radical (unpaired) electrons. The molecule has 0 saturated carbocycles. The van der Waals surface area contributed by atoms with E-state index in [9.17, 15) is 4.79 Å². The Balaban J connectivity index is 1.90. The minimum absolute atomic E-state index is 0.0207. The average Bonchev–Trinajstić information content (AvgIpc) is 2.61. The van der Waals surface area contributed by atoms with Crippen LogP contribution in [0.2, 0.25) is 0 Å². The van der Waals surface area contributed by atoms with Gasteiger partial charge in [0, 0.05) is 5.69 Å². The van der Waals surface area contributed by atoms with E-state index in [4.69, 9.17) is 4.74 Å². The lowest BCUT2D eigenvalue weighted by Crippen LogP contribution is -2.45. The monoisotopic (exact) mass is 324 g/mol. The average molecular weight is 324 g/mol. The van der Waals surface area contributed by atoms with Crippen LogP contribution in [-0.2, 0) is 6.42 Å². The SMILES string of the molecule is CCc1ccccc1NC(=O)N1C[C@@H](CC)Oc2ccc(C)cc21. The largest absolute Gasteiger partial charge is 0.486 e. The molecule has 0 aliphatic carbocycles. The molecule has 1 N–H and O–H groups in total. The molecule has 1 atom stereocenters. The lowest BCUT2D eigenvalue weighted by Gasteiger charge is -2.35. The first-order valence-electron chi connectivity index (χ1n) is 8.56. The predicted molar refractivity (Wildman–Crippen MR) is 98.1 cm³/mol.